The minimum absolute atomic E-state index is 0.358. The molecule has 2 amide bonds. The Balaban J connectivity index is 2.75. The van der Waals surface area contributed by atoms with Gasteiger partial charge in [-0.3, -0.25) is 5.32 Å². The number of carbonyl (C=O) groups is 2. The van der Waals surface area contributed by atoms with Gasteiger partial charge in [0.25, 0.3) is 0 Å². The zero-order valence-electron chi connectivity index (χ0n) is 11.6. The zero-order valence-corrected chi connectivity index (χ0v) is 12.4. The second-order valence-electron chi connectivity index (χ2n) is 4.18. The number of likely N-dealkylation sites (N-methyl/N-ethyl adjacent to an activating group) is 1. The van der Waals surface area contributed by atoms with E-state index >= 15 is 0 Å². The number of aromatic nitrogens is 1. The van der Waals surface area contributed by atoms with Crippen LogP contribution in [0.4, 0.5) is 9.93 Å². The summed E-state index contributed by atoms with van der Waals surface area (Å²) in [5.41, 5.74) is 0.952. The molecule has 6 nitrogen and oxygen atoms in total. The first-order valence-corrected chi connectivity index (χ1v) is 6.95. The number of nitrogens with zero attached hydrogens (tertiary/aromatic N) is 2. The van der Waals surface area contributed by atoms with E-state index in [9.17, 15) is 9.59 Å². The van der Waals surface area contributed by atoms with Crippen molar-refractivity contribution in [1.82, 2.24) is 9.88 Å². The maximum Gasteiger partial charge on any atom is 0.326 e. The molecule has 7 heteroatoms. The van der Waals surface area contributed by atoms with Crippen molar-refractivity contribution in [2.75, 3.05) is 12.4 Å². The molecule has 0 aromatic carbocycles. The molecule has 106 valence electrons. The van der Waals surface area contributed by atoms with E-state index in [0.29, 0.717) is 11.6 Å². The van der Waals surface area contributed by atoms with Crippen molar-refractivity contribution in [3.8, 4) is 0 Å². The maximum absolute atomic E-state index is 11.9. The lowest BCUT2D eigenvalue weighted by atomic mass is 10.2. The fourth-order valence-corrected chi connectivity index (χ4v) is 2.64. The number of carbonyl (C=O) groups excluding carboxylic acids is 1. The van der Waals surface area contributed by atoms with Gasteiger partial charge in [0, 0.05) is 11.9 Å². The molecule has 0 bridgehead atoms. The molecule has 0 spiro atoms. The summed E-state index contributed by atoms with van der Waals surface area (Å²) in [5.74, 6) is -1.01. The van der Waals surface area contributed by atoms with Crippen LogP contribution in [0.5, 0.6) is 0 Å². The van der Waals surface area contributed by atoms with E-state index in [4.69, 9.17) is 5.11 Å². The molecule has 2 N–H and O–H groups in total. The van der Waals surface area contributed by atoms with Gasteiger partial charge in [0.15, 0.2) is 5.13 Å². The first kappa shape index (κ1) is 15.4. The molecule has 0 saturated carbocycles. The number of hydrogen-bond acceptors (Lipinski definition) is 4. The van der Waals surface area contributed by atoms with Gasteiger partial charge < -0.3 is 10.0 Å². The molecule has 0 aliphatic heterocycles. The maximum atomic E-state index is 11.9. The molecule has 1 aromatic heterocycles. The van der Waals surface area contributed by atoms with Crippen LogP contribution < -0.4 is 5.32 Å². The van der Waals surface area contributed by atoms with Gasteiger partial charge in [0.05, 0.1) is 5.69 Å². The van der Waals surface area contributed by atoms with Crippen molar-refractivity contribution < 1.29 is 14.7 Å². The highest BCUT2D eigenvalue weighted by Crippen LogP contribution is 2.22. The van der Waals surface area contributed by atoms with E-state index in [1.54, 1.807) is 6.92 Å². The monoisotopic (exact) mass is 285 g/mol. The highest BCUT2D eigenvalue weighted by molar-refractivity contribution is 7.15. The van der Waals surface area contributed by atoms with Gasteiger partial charge in [0.2, 0.25) is 0 Å². The topological polar surface area (TPSA) is 82.5 Å². The summed E-state index contributed by atoms with van der Waals surface area (Å²) in [5, 5.41) is 12.2. The average molecular weight is 285 g/mol. The van der Waals surface area contributed by atoms with E-state index < -0.39 is 18.0 Å². The van der Waals surface area contributed by atoms with Crippen LogP contribution in [0.25, 0.3) is 0 Å². The van der Waals surface area contributed by atoms with Crippen molar-refractivity contribution in [2.24, 2.45) is 0 Å². The molecule has 0 aliphatic rings. The second-order valence-corrected chi connectivity index (χ2v) is 5.38. The Hall–Kier alpha value is -1.63. The van der Waals surface area contributed by atoms with Gasteiger partial charge in [-0.15, -0.1) is 11.3 Å². The number of aryl methyl sites for hydroxylation is 2. The number of urea groups is 1. The normalized spacial score (nSPS) is 12.0. The van der Waals surface area contributed by atoms with Crippen LogP contribution in [-0.2, 0) is 11.2 Å². The van der Waals surface area contributed by atoms with Gasteiger partial charge in [-0.2, -0.15) is 0 Å². The highest BCUT2D eigenvalue weighted by Gasteiger charge is 2.25. The van der Waals surface area contributed by atoms with E-state index in [1.807, 2.05) is 13.8 Å². The molecule has 1 heterocycles. The quantitative estimate of drug-likeness (QED) is 0.870. The van der Waals surface area contributed by atoms with Crippen molar-refractivity contribution in [3.63, 3.8) is 0 Å². The van der Waals surface area contributed by atoms with Crippen LogP contribution in [0.15, 0.2) is 0 Å². The Morgan fingerprint density at radius 3 is 2.53 bits per heavy atom. The van der Waals surface area contributed by atoms with E-state index in [1.165, 1.54) is 23.3 Å². The standard InChI is InChI=1S/C12H19N3O3S/c1-5-8-7(3)19-11(13-8)14-12(18)15(4)9(6-2)10(16)17/h9H,5-6H2,1-4H3,(H,16,17)(H,13,14,18). The highest BCUT2D eigenvalue weighted by atomic mass is 32.1. The fraction of sp³-hybridized carbons (Fsp3) is 0.583. The van der Waals surface area contributed by atoms with Crippen molar-refractivity contribution in [1.29, 1.82) is 0 Å². The number of thiazole rings is 1. The number of carboxylic acids is 1. The summed E-state index contributed by atoms with van der Waals surface area (Å²) < 4.78 is 0. The van der Waals surface area contributed by atoms with Gasteiger partial charge in [-0.05, 0) is 19.8 Å². The smallest absolute Gasteiger partial charge is 0.326 e. The van der Waals surface area contributed by atoms with Gasteiger partial charge in [-0.25, -0.2) is 14.6 Å². The number of amides is 2. The molecule has 1 rings (SSSR count). The summed E-state index contributed by atoms with van der Waals surface area (Å²) in [6, 6.07) is -1.28. The molecule has 0 aliphatic carbocycles. The first-order valence-electron chi connectivity index (χ1n) is 6.13. The third-order valence-corrected chi connectivity index (χ3v) is 3.83. The molecule has 1 atom stereocenters. The predicted molar refractivity (Wildman–Crippen MR) is 74.7 cm³/mol. The third kappa shape index (κ3) is 3.66. The third-order valence-electron chi connectivity index (χ3n) is 2.90. The van der Waals surface area contributed by atoms with E-state index in [2.05, 4.69) is 10.3 Å². The Kier molecular flexibility index (Phi) is 5.29. The van der Waals surface area contributed by atoms with Crippen LogP contribution in [-0.4, -0.2) is 40.1 Å². The largest absolute Gasteiger partial charge is 0.480 e. The lowest BCUT2D eigenvalue weighted by molar-refractivity contribution is -0.141. The van der Waals surface area contributed by atoms with Crippen molar-refractivity contribution >= 4 is 28.5 Å². The number of carboxylic acid groups (broad SMARTS) is 1. The van der Waals surface area contributed by atoms with Crippen LogP contribution in [0.1, 0.15) is 30.8 Å². The fourth-order valence-electron chi connectivity index (χ4n) is 1.74. The number of nitrogens with one attached hydrogen (secondary N) is 1. The molecular weight excluding hydrogens is 266 g/mol. The molecule has 1 unspecified atom stereocenters. The van der Waals surface area contributed by atoms with Gasteiger partial charge in [-0.1, -0.05) is 13.8 Å². The molecule has 19 heavy (non-hydrogen) atoms. The summed E-state index contributed by atoms with van der Waals surface area (Å²) in [6.45, 7) is 5.67. The minimum atomic E-state index is -1.01. The minimum Gasteiger partial charge on any atom is -0.480 e. The summed E-state index contributed by atoms with van der Waals surface area (Å²) in [6.07, 6.45) is 1.16. The van der Waals surface area contributed by atoms with Crippen LogP contribution in [0, 0.1) is 6.92 Å². The molecule has 1 aromatic rings. The number of rotatable bonds is 5. The Morgan fingerprint density at radius 2 is 2.11 bits per heavy atom. The van der Waals surface area contributed by atoms with Crippen LogP contribution >= 0.6 is 11.3 Å². The summed E-state index contributed by atoms with van der Waals surface area (Å²) >= 11 is 1.40. The van der Waals surface area contributed by atoms with E-state index in [0.717, 1.165) is 17.0 Å². The van der Waals surface area contributed by atoms with Crippen LogP contribution in [0.3, 0.4) is 0 Å². The Morgan fingerprint density at radius 1 is 1.47 bits per heavy atom. The van der Waals surface area contributed by atoms with Crippen molar-refractivity contribution in [2.45, 2.75) is 39.7 Å². The average Bonchev–Trinajstić information content (AvgIpc) is 2.69. The number of hydrogen-bond donors (Lipinski definition) is 2. The van der Waals surface area contributed by atoms with Gasteiger partial charge in [0.1, 0.15) is 6.04 Å². The first-order chi connectivity index (χ1) is 8.90. The molecule has 0 saturated heterocycles. The van der Waals surface area contributed by atoms with Crippen LogP contribution in [0.2, 0.25) is 0 Å². The van der Waals surface area contributed by atoms with E-state index in [-0.39, 0.29) is 0 Å². The van der Waals surface area contributed by atoms with Crippen molar-refractivity contribution in [3.05, 3.63) is 10.6 Å². The molecule has 0 fully saturated rings. The zero-order chi connectivity index (χ0) is 14.6. The Bertz CT molecular complexity index is 473. The Labute approximate surface area is 116 Å². The van der Waals surface area contributed by atoms with Gasteiger partial charge >= 0.3 is 12.0 Å². The summed E-state index contributed by atoms with van der Waals surface area (Å²) in [7, 11) is 1.47. The second kappa shape index (κ2) is 6.51. The summed E-state index contributed by atoms with van der Waals surface area (Å²) in [4.78, 5) is 29.5. The lowest BCUT2D eigenvalue weighted by Crippen LogP contribution is -2.44. The molecule has 0 radical (unpaired) electrons. The number of anilines is 1. The number of aliphatic carboxylic acids is 1. The molecular formula is C12H19N3O3S. The predicted octanol–water partition coefficient (Wildman–Crippen LogP) is 2.34. The SMILES string of the molecule is CCc1nc(NC(=O)N(C)C(CC)C(=O)O)sc1C. The lowest BCUT2D eigenvalue weighted by Gasteiger charge is -2.23.